The molecule has 0 atom stereocenters. The largest absolute Gasteiger partial charge is 0.395 e. The monoisotopic (exact) mass is 394 g/mol. The van der Waals surface area contributed by atoms with Crippen LogP contribution in [0.25, 0.3) is 11.1 Å². The number of nitrogens with zero attached hydrogens (tertiary/aromatic N) is 2. The molecule has 2 aromatic carbocycles. The van der Waals surface area contributed by atoms with Crippen LogP contribution in [-0.4, -0.2) is 60.3 Å². The van der Waals surface area contributed by atoms with Crippen molar-refractivity contribution in [3.8, 4) is 11.1 Å². The van der Waals surface area contributed by atoms with Crippen molar-refractivity contribution in [2.24, 2.45) is 0 Å². The van der Waals surface area contributed by atoms with Crippen LogP contribution in [0.2, 0.25) is 0 Å². The van der Waals surface area contributed by atoms with Crippen molar-refractivity contribution in [2.45, 2.75) is 44.9 Å². The van der Waals surface area contributed by atoms with Crippen LogP contribution in [0, 0.1) is 0 Å². The van der Waals surface area contributed by atoms with E-state index in [1.165, 1.54) is 47.9 Å². The number of aliphatic hydroxyl groups is 1. The lowest BCUT2D eigenvalue weighted by molar-refractivity contribution is 0.0457. The molecule has 1 heterocycles. The molecule has 4 nitrogen and oxygen atoms in total. The van der Waals surface area contributed by atoms with Crippen molar-refractivity contribution in [2.75, 3.05) is 39.3 Å². The quantitative estimate of drug-likeness (QED) is 0.736. The van der Waals surface area contributed by atoms with Gasteiger partial charge >= 0.3 is 0 Å². The summed E-state index contributed by atoms with van der Waals surface area (Å²) in [6.07, 6.45) is 5.56. The highest BCUT2D eigenvalue weighted by molar-refractivity contribution is 5.63. The second-order valence-electron chi connectivity index (χ2n) is 8.45. The van der Waals surface area contributed by atoms with Gasteiger partial charge in [0.05, 0.1) is 19.3 Å². The van der Waals surface area contributed by atoms with Crippen molar-refractivity contribution in [1.82, 2.24) is 9.80 Å². The zero-order valence-electron chi connectivity index (χ0n) is 17.4. The highest BCUT2D eigenvalue weighted by Gasteiger charge is 2.16. The van der Waals surface area contributed by atoms with Crippen LogP contribution in [0.5, 0.6) is 0 Å². The van der Waals surface area contributed by atoms with Gasteiger partial charge in [0.15, 0.2) is 0 Å². The van der Waals surface area contributed by atoms with Crippen LogP contribution in [0.4, 0.5) is 0 Å². The van der Waals surface area contributed by atoms with Crippen molar-refractivity contribution in [3.63, 3.8) is 0 Å². The van der Waals surface area contributed by atoms with Crippen LogP contribution in [-0.2, 0) is 17.9 Å². The third kappa shape index (κ3) is 5.89. The number of ether oxygens (including phenoxy) is 1. The summed E-state index contributed by atoms with van der Waals surface area (Å²) >= 11 is 0. The highest BCUT2D eigenvalue weighted by Crippen LogP contribution is 2.24. The van der Waals surface area contributed by atoms with E-state index < -0.39 is 0 Å². The minimum Gasteiger partial charge on any atom is -0.395 e. The van der Waals surface area contributed by atoms with Gasteiger partial charge in [-0.2, -0.15) is 0 Å². The van der Waals surface area contributed by atoms with Crippen LogP contribution in [0.15, 0.2) is 48.5 Å². The Bertz CT molecular complexity index is 730. The lowest BCUT2D eigenvalue weighted by Crippen LogP contribution is -2.46. The Morgan fingerprint density at radius 3 is 1.90 bits per heavy atom. The van der Waals surface area contributed by atoms with Gasteiger partial charge < -0.3 is 9.84 Å². The number of hydrogen-bond acceptors (Lipinski definition) is 4. The van der Waals surface area contributed by atoms with E-state index in [1.807, 2.05) is 0 Å². The fourth-order valence-corrected chi connectivity index (χ4v) is 4.44. The molecule has 4 rings (SSSR count). The summed E-state index contributed by atoms with van der Waals surface area (Å²) in [5.41, 5.74) is 5.16. The minimum absolute atomic E-state index is 0.260. The molecule has 29 heavy (non-hydrogen) atoms. The summed E-state index contributed by atoms with van der Waals surface area (Å²) in [4.78, 5) is 4.84. The summed E-state index contributed by atoms with van der Waals surface area (Å²) in [6.45, 7) is 7.05. The van der Waals surface area contributed by atoms with Gasteiger partial charge in [-0.15, -0.1) is 0 Å². The SMILES string of the molecule is OCCN1CCN(Cc2ccc(-c3ccc(COC4CCCC4)cc3)cc2)CC1. The molecule has 0 aromatic heterocycles. The second kappa shape index (κ2) is 10.4. The number of benzene rings is 2. The molecule has 2 aliphatic rings. The third-order valence-corrected chi connectivity index (χ3v) is 6.32. The lowest BCUT2D eigenvalue weighted by atomic mass is 10.0. The zero-order valence-corrected chi connectivity index (χ0v) is 17.4. The Morgan fingerprint density at radius 1 is 0.759 bits per heavy atom. The van der Waals surface area contributed by atoms with Gasteiger partial charge in [0, 0.05) is 39.3 Å². The first kappa shape index (κ1) is 20.5. The smallest absolute Gasteiger partial charge is 0.0720 e. The molecule has 0 spiro atoms. The summed E-state index contributed by atoms with van der Waals surface area (Å²) in [6, 6.07) is 17.8. The molecule has 0 unspecified atom stereocenters. The normalized spacial score (nSPS) is 19.1. The van der Waals surface area contributed by atoms with Crippen molar-refractivity contribution >= 4 is 0 Å². The predicted octanol–water partition coefficient (Wildman–Crippen LogP) is 3.92. The van der Waals surface area contributed by atoms with E-state index in [0.29, 0.717) is 6.10 Å². The van der Waals surface area contributed by atoms with E-state index in [9.17, 15) is 0 Å². The fourth-order valence-electron chi connectivity index (χ4n) is 4.44. The van der Waals surface area contributed by atoms with Crippen molar-refractivity contribution in [3.05, 3.63) is 59.7 Å². The molecule has 0 amide bonds. The number of rotatable bonds is 8. The van der Waals surface area contributed by atoms with Gasteiger partial charge in [0.1, 0.15) is 0 Å². The molecule has 1 aliphatic carbocycles. The summed E-state index contributed by atoms with van der Waals surface area (Å²) in [5, 5.41) is 9.06. The molecular weight excluding hydrogens is 360 g/mol. The van der Waals surface area contributed by atoms with E-state index in [0.717, 1.165) is 45.9 Å². The van der Waals surface area contributed by atoms with Crippen molar-refractivity contribution < 1.29 is 9.84 Å². The number of β-amino-alcohol motifs (C(OH)–C–C–N with tert-alkyl or cyclic N) is 1. The fraction of sp³-hybridized carbons (Fsp3) is 0.520. The van der Waals surface area contributed by atoms with Crippen molar-refractivity contribution in [1.29, 1.82) is 0 Å². The molecule has 1 saturated heterocycles. The van der Waals surface area contributed by atoms with Gasteiger partial charge in [0.2, 0.25) is 0 Å². The maximum absolute atomic E-state index is 9.06. The first-order chi connectivity index (χ1) is 14.3. The molecule has 156 valence electrons. The number of aliphatic hydroxyl groups excluding tert-OH is 1. The molecule has 1 saturated carbocycles. The molecule has 2 aromatic rings. The van der Waals surface area contributed by atoms with Gasteiger partial charge in [-0.3, -0.25) is 9.80 Å². The maximum atomic E-state index is 9.06. The van der Waals surface area contributed by atoms with Gasteiger partial charge in [-0.05, 0) is 35.1 Å². The molecule has 0 radical (unpaired) electrons. The Kier molecular flexibility index (Phi) is 7.33. The maximum Gasteiger partial charge on any atom is 0.0720 e. The summed E-state index contributed by atoms with van der Waals surface area (Å²) in [7, 11) is 0. The van der Waals surface area contributed by atoms with Gasteiger partial charge in [-0.1, -0.05) is 61.4 Å². The van der Waals surface area contributed by atoms with E-state index in [2.05, 4.69) is 58.3 Å². The molecule has 4 heteroatoms. The molecule has 1 N–H and O–H groups in total. The van der Waals surface area contributed by atoms with Gasteiger partial charge in [-0.25, -0.2) is 0 Å². The lowest BCUT2D eigenvalue weighted by Gasteiger charge is -2.34. The van der Waals surface area contributed by atoms with Crippen LogP contribution >= 0.6 is 0 Å². The average Bonchev–Trinajstić information content (AvgIpc) is 3.29. The molecule has 1 aliphatic heterocycles. The topological polar surface area (TPSA) is 35.9 Å². The highest BCUT2D eigenvalue weighted by atomic mass is 16.5. The summed E-state index contributed by atoms with van der Waals surface area (Å²) in [5.74, 6) is 0. The Labute approximate surface area is 175 Å². The number of piperazine rings is 1. The standard InChI is InChI=1S/C25H34N2O2/c28-18-17-26-13-15-27(16-14-26)19-21-5-9-23(10-6-21)24-11-7-22(8-12-24)20-29-25-3-1-2-4-25/h5-12,25,28H,1-4,13-20H2. The summed E-state index contributed by atoms with van der Waals surface area (Å²) < 4.78 is 6.02. The Balaban J connectivity index is 1.27. The van der Waals surface area contributed by atoms with E-state index >= 15 is 0 Å². The zero-order chi connectivity index (χ0) is 19.9. The average molecular weight is 395 g/mol. The van der Waals surface area contributed by atoms with E-state index in [1.54, 1.807) is 0 Å². The van der Waals surface area contributed by atoms with Crippen LogP contribution in [0.1, 0.15) is 36.8 Å². The minimum atomic E-state index is 0.260. The van der Waals surface area contributed by atoms with Crippen LogP contribution in [0.3, 0.4) is 0 Å². The Hall–Kier alpha value is -1.72. The first-order valence-electron chi connectivity index (χ1n) is 11.2. The number of hydrogen-bond donors (Lipinski definition) is 1. The van der Waals surface area contributed by atoms with E-state index in [-0.39, 0.29) is 6.61 Å². The van der Waals surface area contributed by atoms with E-state index in [4.69, 9.17) is 9.84 Å². The second-order valence-corrected chi connectivity index (χ2v) is 8.45. The van der Waals surface area contributed by atoms with Gasteiger partial charge in [0.25, 0.3) is 0 Å². The Morgan fingerprint density at radius 2 is 1.31 bits per heavy atom. The molecular formula is C25H34N2O2. The van der Waals surface area contributed by atoms with Crippen LogP contribution < -0.4 is 0 Å². The first-order valence-corrected chi connectivity index (χ1v) is 11.2. The molecule has 2 fully saturated rings. The third-order valence-electron chi connectivity index (χ3n) is 6.32. The predicted molar refractivity (Wildman–Crippen MR) is 118 cm³/mol. The molecule has 0 bridgehead atoms.